The SMILES string of the molecule is CC(Sc1ccc(Cl)cc1)C(=O)Nc1ccc2nc(CN3CCOCC3)[nH]c2c1. The average molecular weight is 431 g/mol. The average Bonchev–Trinajstić information content (AvgIpc) is 3.12. The predicted molar refractivity (Wildman–Crippen MR) is 118 cm³/mol. The number of halogens is 1. The van der Waals surface area contributed by atoms with Crippen molar-refractivity contribution < 1.29 is 9.53 Å². The first-order valence-corrected chi connectivity index (χ1v) is 10.8. The summed E-state index contributed by atoms with van der Waals surface area (Å²) in [6, 6.07) is 13.3. The summed E-state index contributed by atoms with van der Waals surface area (Å²) in [5, 5.41) is 3.45. The van der Waals surface area contributed by atoms with E-state index in [0.29, 0.717) is 5.02 Å². The van der Waals surface area contributed by atoms with Crippen LogP contribution in [0.4, 0.5) is 5.69 Å². The van der Waals surface area contributed by atoms with Crippen LogP contribution in [-0.4, -0.2) is 52.3 Å². The smallest absolute Gasteiger partial charge is 0.237 e. The van der Waals surface area contributed by atoms with E-state index in [1.54, 1.807) is 0 Å². The zero-order valence-corrected chi connectivity index (χ0v) is 17.7. The second-order valence-electron chi connectivity index (χ2n) is 7.01. The highest BCUT2D eigenvalue weighted by atomic mass is 35.5. The summed E-state index contributed by atoms with van der Waals surface area (Å²) in [7, 11) is 0. The topological polar surface area (TPSA) is 70.2 Å². The lowest BCUT2D eigenvalue weighted by atomic mass is 10.2. The third-order valence-corrected chi connectivity index (χ3v) is 6.14. The van der Waals surface area contributed by atoms with Crippen molar-refractivity contribution in [3.63, 3.8) is 0 Å². The Bertz CT molecular complexity index is 986. The van der Waals surface area contributed by atoms with Gasteiger partial charge in [-0.05, 0) is 49.4 Å². The number of thioether (sulfide) groups is 1. The van der Waals surface area contributed by atoms with E-state index in [-0.39, 0.29) is 11.2 Å². The van der Waals surface area contributed by atoms with E-state index in [1.165, 1.54) is 11.8 Å². The molecule has 0 radical (unpaired) electrons. The number of aromatic amines is 1. The number of hydrogen-bond acceptors (Lipinski definition) is 5. The number of hydrogen-bond donors (Lipinski definition) is 2. The first kappa shape index (κ1) is 20.2. The standard InChI is InChI=1S/C21H23ClN4O2S/c1-14(29-17-5-2-15(22)3-6-17)21(27)23-16-4-7-18-19(12-16)25-20(24-18)13-26-8-10-28-11-9-26/h2-7,12,14H,8-11,13H2,1H3,(H,23,27)(H,24,25). The van der Waals surface area contributed by atoms with Gasteiger partial charge in [0.25, 0.3) is 0 Å². The molecule has 2 heterocycles. The van der Waals surface area contributed by atoms with Gasteiger partial charge in [0, 0.05) is 28.7 Å². The van der Waals surface area contributed by atoms with Crippen LogP contribution < -0.4 is 5.32 Å². The van der Waals surface area contributed by atoms with Crippen molar-refractivity contribution in [2.45, 2.75) is 23.6 Å². The van der Waals surface area contributed by atoms with Gasteiger partial charge < -0.3 is 15.0 Å². The number of benzene rings is 2. The van der Waals surface area contributed by atoms with E-state index in [4.69, 9.17) is 16.3 Å². The van der Waals surface area contributed by atoms with Crippen molar-refractivity contribution in [1.29, 1.82) is 0 Å². The van der Waals surface area contributed by atoms with Crippen molar-refractivity contribution in [3.8, 4) is 0 Å². The minimum atomic E-state index is -0.231. The minimum Gasteiger partial charge on any atom is -0.379 e. The number of H-pyrrole nitrogens is 1. The number of aromatic nitrogens is 2. The first-order chi connectivity index (χ1) is 14.1. The molecule has 29 heavy (non-hydrogen) atoms. The van der Waals surface area contributed by atoms with Crippen LogP contribution in [0.15, 0.2) is 47.4 Å². The molecule has 0 aliphatic carbocycles. The van der Waals surface area contributed by atoms with Crippen molar-refractivity contribution in [2.75, 3.05) is 31.6 Å². The van der Waals surface area contributed by atoms with Gasteiger partial charge in [-0.15, -0.1) is 11.8 Å². The third-order valence-electron chi connectivity index (χ3n) is 4.77. The summed E-state index contributed by atoms with van der Waals surface area (Å²) < 4.78 is 5.39. The number of nitrogens with one attached hydrogen (secondary N) is 2. The number of carbonyl (C=O) groups is 1. The number of amides is 1. The second kappa shape index (κ2) is 9.17. The van der Waals surface area contributed by atoms with Crippen LogP contribution in [0.25, 0.3) is 11.0 Å². The van der Waals surface area contributed by atoms with Crippen molar-refractivity contribution in [3.05, 3.63) is 53.3 Å². The number of ether oxygens (including phenoxy) is 1. The highest BCUT2D eigenvalue weighted by molar-refractivity contribution is 8.00. The molecule has 2 N–H and O–H groups in total. The Kier molecular flexibility index (Phi) is 6.40. The van der Waals surface area contributed by atoms with E-state index in [0.717, 1.165) is 60.3 Å². The predicted octanol–water partition coefficient (Wildman–Crippen LogP) is 4.17. The molecule has 3 aromatic rings. The van der Waals surface area contributed by atoms with Crippen LogP contribution in [0.3, 0.4) is 0 Å². The van der Waals surface area contributed by atoms with Gasteiger partial charge in [0.05, 0.1) is 36.0 Å². The summed E-state index contributed by atoms with van der Waals surface area (Å²) in [4.78, 5) is 23.9. The Labute approximate surface area is 179 Å². The van der Waals surface area contributed by atoms with E-state index >= 15 is 0 Å². The third kappa shape index (κ3) is 5.30. The highest BCUT2D eigenvalue weighted by Gasteiger charge is 2.16. The molecule has 8 heteroatoms. The molecule has 1 fully saturated rings. The fraction of sp³-hybridized carbons (Fsp3) is 0.333. The monoisotopic (exact) mass is 430 g/mol. The van der Waals surface area contributed by atoms with Gasteiger partial charge in [0.15, 0.2) is 0 Å². The summed E-state index contributed by atoms with van der Waals surface area (Å²) in [6.45, 7) is 6.03. The number of rotatable bonds is 6. The quantitative estimate of drug-likeness (QED) is 0.574. The summed E-state index contributed by atoms with van der Waals surface area (Å²) >= 11 is 7.42. The lowest BCUT2D eigenvalue weighted by molar-refractivity contribution is -0.115. The summed E-state index contributed by atoms with van der Waals surface area (Å²) in [5.41, 5.74) is 2.58. The molecule has 6 nitrogen and oxygen atoms in total. The molecule has 1 aliphatic rings. The highest BCUT2D eigenvalue weighted by Crippen LogP contribution is 2.26. The van der Waals surface area contributed by atoms with Crippen molar-refractivity contribution >= 4 is 46.0 Å². The number of carbonyl (C=O) groups excluding carboxylic acids is 1. The van der Waals surface area contributed by atoms with E-state index in [2.05, 4.69) is 20.2 Å². The molecular weight excluding hydrogens is 408 g/mol. The van der Waals surface area contributed by atoms with Gasteiger partial charge in [-0.25, -0.2) is 4.98 Å². The molecule has 1 atom stereocenters. The molecule has 1 unspecified atom stereocenters. The molecule has 152 valence electrons. The van der Waals surface area contributed by atoms with Crippen molar-refractivity contribution in [2.24, 2.45) is 0 Å². The maximum Gasteiger partial charge on any atom is 0.237 e. The number of fused-ring (bicyclic) bond motifs is 1. The molecule has 0 bridgehead atoms. The molecule has 1 amide bonds. The van der Waals surface area contributed by atoms with Crippen LogP contribution >= 0.6 is 23.4 Å². The fourth-order valence-corrected chi connectivity index (χ4v) is 4.19. The van der Waals surface area contributed by atoms with Crippen LogP contribution in [0, 0.1) is 0 Å². The van der Waals surface area contributed by atoms with Crippen LogP contribution in [0.5, 0.6) is 0 Å². The molecule has 2 aromatic carbocycles. The lowest BCUT2D eigenvalue weighted by Crippen LogP contribution is -2.35. The second-order valence-corrected chi connectivity index (χ2v) is 8.86. The largest absolute Gasteiger partial charge is 0.379 e. The zero-order chi connectivity index (χ0) is 20.2. The molecule has 0 saturated carbocycles. The Morgan fingerprint density at radius 3 is 2.79 bits per heavy atom. The summed E-state index contributed by atoms with van der Waals surface area (Å²) in [5.74, 6) is 0.884. The molecule has 0 spiro atoms. The zero-order valence-electron chi connectivity index (χ0n) is 16.2. The van der Waals surface area contributed by atoms with E-state index in [1.807, 2.05) is 49.4 Å². The van der Waals surface area contributed by atoms with E-state index in [9.17, 15) is 4.79 Å². The Hall–Kier alpha value is -2.06. The van der Waals surface area contributed by atoms with Crippen LogP contribution in [0.1, 0.15) is 12.7 Å². The van der Waals surface area contributed by atoms with Gasteiger partial charge in [0.2, 0.25) is 5.91 Å². The maximum atomic E-state index is 12.6. The van der Waals surface area contributed by atoms with Gasteiger partial charge >= 0.3 is 0 Å². The van der Waals surface area contributed by atoms with Gasteiger partial charge in [0.1, 0.15) is 5.82 Å². The molecule has 4 rings (SSSR count). The summed E-state index contributed by atoms with van der Waals surface area (Å²) in [6.07, 6.45) is 0. The lowest BCUT2D eigenvalue weighted by Gasteiger charge is -2.25. The first-order valence-electron chi connectivity index (χ1n) is 9.59. The number of anilines is 1. The normalized spacial score (nSPS) is 16.1. The molecule has 1 aromatic heterocycles. The Morgan fingerprint density at radius 1 is 1.28 bits per heavy atom. The van der Waals surface area contributed by atoms with Crippen LogP contribution in [-0.2, 0) is 16.1 Å². The van der Waals surface area contributed by atoms with Gasteiger partial charge in [-0.3, -0.25) is 9.69 Å². The minimum absolute atomic E-state index is 0.0441. The van der Waals surface area contributed by atoms with Gasteiger partial charge in [-0.1, -0.05) is 11.6 Å². The number of imidazole rings is 1. The fourth-order valence-electron chi connectivity index (χ4n) is 3.20. The van der Waals surface area contributed by atoms with E-state index < -0.39 is 0 Å². The Balaban J connectivity index is 1.39. The molecule has 1 aliphatic heterocycles. The number of morpholine rings is 1. The molecule has 1 saturated heterocycles. The van der Waals surface area contributed by atoms with Crippen molar-refractivity contribution in [1.82, 2.24) is 14.9 Å². The maximum absolute atomic E-state index is 12.6. The van der Waals surface area contributed by atoms with Crippen LogP contribution in [0.2, 0.25) is 5.02 Å². The van der Waals surface area contributed by atoms with Gasteiger partial charge in [-0.2, -0.15) is 0 Å². The number of nitrogens with zero attached hydrogens (tertiary/aromatic N) is 2. The Morgan fingerprint density at radius 2 is 2.03 bits per heavy atom. The molecular formula is C21H23ClN4O2S.